The van der Waals surface area contributed by atoms with Crippen molar-refractivity contribution in [2.24, 2.45) is 0 Å². The average Bonchev–Trinajstić information content (AvgIpc) is 2.69. The van der Waals surface area contributed by atoms with Gasteiger partial charge in [0.2, 0.25) is 0 Å². The molecule has 0 aromatic carbocycles. The highest BCUT2D eigenvalue weighted by Gasteiger charge is 2.19. The molecule has 0 saturated heterocycles. The molecule has 0 atom stereocenters. The second kappa shape index (κ2) is 5.78. The molecule has 1 aliphatic carbocycles. The molecular weight excluding hydrogens is 216 g/mol. The summed E-state index contributed by atoms with van der Waals surface area (Å²) in [4.78, 5) is 6.28. The van der Waals surface area contributed by atoms with Crippen molar-refractivity contribution in [2.75, 3.05) is 13.6 Å². The molecule has 2 rings (SSSR count). The molecule has 1 N–H and O–H groups in total. The number of nitrogens with one attached hydrogen (secondary N) is 1. The van der Waals surface area contributed by atoms with Gasteiger partial charge in [0.25, 0.3) is 0 Å². The normalized spacial score (nSPS) is 17.9. The van der Waals surface area contributed by atoms with Crippen LogP contribution in [-0.4, -0.2) is 18.6 Å². The third-order valence-electron chi connectivity index (χ3n) is 3.48. The van der Waals surface area contributed by atoms with Crippen LogP contribution in [0.2, 0.25) is 0 Å². The van der Waals surface area contributed by atoms with Crippen LogP contribution in [0.25, 0.3) is 0 Å². The molecule has 90 valence electrons. The van der Waals surface area contributed by atoms with Crippen LogP contribution in [0.1, 0.15) is 53.6 Å². The molecule has 0 aliphatic heterocycles. The van der Waals surface area contributed by atoms with E-state index >= 15 is 0 Å². The van der Waals surface area contributed by atoms with E-state index in [2.05, 4.69) is 12.2 Å². The van der Waals surface area contributed by atoms with Gasteiger partial charge in [-0.3, -0.25) is 0 Å². The highest BCUT2D eigenvalue weighted by Crippen LogP contribution is 2.35. The lowest BCUT2D eigenvalue weighted by Crippen LogP contribution is -2.11. The minimum Gasteiger partial charge on any atom is -0.319 e. The zero-order valence-electron chi connectivity index (χ0n) is 10.4. The van der Waals surface area contributed by atoms with Crippen LogP contribution >= 0.6 is 11.3 Å². The highest BCUT2D eigenvalue weighted by atomic mass is 32.1. The van der Waals surface area contributed by atoms with Crippen molar-refractivity contribution in [2.45, 2.75) is 51.4 Å². The molecule has 1 fully saturated rings. The smallest absolute Gasteiger partial charge is 0.0961 e. The van der Waals surface area contributed by atoms with Crippen molar-refractivity contribution in [1.29, 1.82) is 0 Å². The number of rotatable bonds is 4. The van der Waals surface area contributed by atoms with E-state index in [0.29, 0.717) is 0 Å². The summed E-state index contributed by atoms with van der Waals surface area (Å²) in [6.45, 7) is 3.25. The monoisotopic (exact) mass is 238 g/mol. The average molecular weight is 238 g/mol. The Bertz CT molecular complexity index is 327. The van der Waals surface area contributed by atoms with Gasteiger partial charge in [0.1, 0.15) is 0 Å². The van der Waals surface area contributed by atoms with Crippen LogP contribution in [0, 0.1) is 6.92 Å². The molecule has 1 saturated carbocycles. The zero-order chi connectivity index (χ0) is 11.4. The Kier molecular flexibility index (Phi) is 4.36. The molecule has 3 heteroatoms. The third-order valence-corrected chi connectivity index (χ3v) is 4.65. The number of hydrogen-bond donors (Lipinski definition) is 1. The van der Waals surface area contributed by atoms with Gasteiger partial charge in [-0.25, -0.2) is 4.98 Å². The quantitative estimate of drug-likeness (QED) is 0.871. The van der Waals surface area contributed by atoms with Crippen LogP contribution in [0.4, 0.5) is 0 Å². The molecule has 0 radical (unpaired) electrons. The molecule has 1 aliphatic rings. The van der Waals surface area contributed by atoms with Gasteiger partial charge in [-0.05, 0) is 26.8 Å². The van der Waals surface area contributed by atoms with Crippen molar-refractivity contribution in [3.05, 3.63) is 15.6 Å². The van der Waals surface area contributed by atoms with E-state index in [1.165, 1.54) is 47.7 Å². The number of thiazole rings is 1. The number of hydrogen-bond acceptors (Lipinski definition) is 3. The zero-order valence-corrected chi connectivity index (χ0v) is 11.2. The Morgan fingerprint density at radius 2 is 2.06 bits per heavy atom. The van der Waals surface area contributed by atoms with Crippen molar-refractivity contribution in [3.8, 4) is 0 Å². The van der Waals surface area contributed by atoms with Crippen LogP contribution in [0.3, 0.4) is 0 Å². The maximum absolute atomic E-state index is 4.85. The van der Waals surface area contributed by atoms with Gasteiger partial charge in [-0.15, -0.1) is 11.3 Å². The van der Waals surface area contributed by atoms with Crippen molar-refractivity contribution in [1.82, 2.24) is 10.3 Å². The van der Waals surface area contributed by atoms with E-state index in [1.54, 1.807) is 0 Å². The Balaban J connectivity index is 2.03. The molecule has 2 nitrogen and oxygen atoms in total. The second-order valence-electron chi connectivity index (χ2n) is 4.74. The summed E-state index contributed by atoms with van der Waals surface area (Å²) in [6, 6.07) is 0. The summed E-state index contributed by atoms with van der Waals surface area (Å²) in [5, 5.41) is 4.60. The molecule has 16 heavy (non-hydrogen) atoms. The SMILES string of the molecule is CNCCc1nc(C2CCCCC2)sc1C. The Labute approximate surface area is 102 Å². The van der Waals surface area contributed by atoms with E-state index in [1.807, 2.05) is 18.4 Å². The van der Waals surface area contributed by atoms with E-state index in [4.69, 9.17) is 4.98 Å². The van der Waals surface area contributed by atoms with E-state index in [-0.39, 0.29) is 0 Å². The van der Waals surface area contributed by atoms with E-state index < -0.39 is 0 Å². The Morgan fingerprint density at radius 3 is 2.75 bits per heavy atom. The molecule has 1 heterocycles. The maximum atomic E-state index is 4.85. The van der Waals surface area contributed by atoms with Crippen molar-refractivity contribution < 1.29 is 0 Å². The molecule has 1 aromatic heterocycles. The molecule has 0 amide bonds. The first-order chi connectivity index (χ1) is 7.81. The summed E-state index contributed by atoms with van der Waals surface area (Å²) < 4.78 is 0. The molecule has 0 spiro atoms. The van der Waals surface area contributed by atoms with Gasteiger partial charge < -0.3 is 5.32 Å². The summed E-state index contributed by atoms with van der Waals surface area (Å²) >= 11 is 1.93. The molecular formula is C13H22N2S. The number of likely N-dealkylation sites (N-methyl/N-ethyl adjacent to an activating group) is 1. The van der Waals surface area contributed by atoms with Gasteiger partial charge in [0, 0.05) is 23.8 Å². The lowest BCUT2D eigenvalue weighted by molar-refractivity contribution is 0.442. The number of aryl methyl sites for hydroxylation is 1. The topological polar surface area (TPSA) is 24.9 Å². The van der Waals surface area contributed by atoms with Crippen LogP contribution < -0.4 is 5.32 Å². The predicted molar refractivity (Wildman–Crippen MR) is 70.3 cm³/mol. The van der Waals surface area contributed by atoms with Gasteiger partial charge in [-0.2, -0.15) is 0 Å². The van der Waals surface area contributed by atoms with Crippen molar-refractivity contribution in [3.63, 3.8) is 0 Å². The van der Waals surface area contributed by atoms with E-state index in [9.17, 15) is 0 Å². The fourth-order valence-corrected chi connectivity index (χ4v) is 3.59. The first-order valence-electron chi connectivity index (χ1n) is 6.42. The van der Waals surface area contributed by atoms with Gasteiger partial charge in [0.05, 0.1) is 10.7 Å². The van der Waals surface area contributed by atoms with Gasteiger partial charge in [0.15, 0.2) is 0 Å². The summed E-state index contributed by atoms with van der Waals surface area (Å²) in [5.74, 6) is 0.765. The first-order valence-corrected chi connectivity index (χ1v) is 7.23. The largest absolute Gasteiger partial charge is 0.319 e. The lowest BCUT2D eigenvalue weighted by Gasteiger charge is -2.18. The standard InChI is InChI=1S/C13H22N2S/c1-10-12(8-9-14-2)15-13(16-10)11-6-4-3-5-7-11/h11,14H,3-9H2,1-2H3. The van der Waals surface area contributed by atoms with Crippen LogP contribution in [0.15, 0.2) is 0 Å². The van der Waals surface area contributed by atoms with Crippen LogP contribution in [-0.2, 0) is 6.42 Å². The minimum atomic E-state index is 0.765. The first kappa shape index (κ1) is 12.1. The fraction of sp³-hybridized carbons (Fsp3) is 0.769. The van der Waals surface area contributed by atoms with Gasteiger partial charge >= 0.3 is 0 Å². The third kappa shape index (κ3) is 2.83. The molecule has 0 bridgehead atoms. The lowest BCUT2D eigenvalue weighted by atomic mass is 9.90. The number of aromatic nitrogens is 1. The predicted octanol–water partition coefficient (Wildman–Crippen LogP) is 3.26. The minimum absolute atomic E-state index is 0.765. The molecule has 1 aromatic rings. The summed E-state index contributed by atoms with van der Waals surface area (Å²) in [7, 11) is 2.00. The highest BCUT2D eigenvalue weighted by molar-refractivity contribution is 7.11. The Morgan fingerprint density at radius 1 is 1.31 bits per heavy atom. The van der Waals surface area contributed by atoms with Gasteiger partial charge in [-0.1, -0.05) is 19.3 Å². The summed E-state index contributed by atoms with van der Waals surface area (Å²) in [5.41, 5.74) is 1.32. The Hall–Kier alpha value is -0.410. The van der Waals surface area contributed by atoms with Crippen LogP contribution in [0.5, 0.6) is 0 Å². The second-order valence-corrected chi connectivity index (χ2v) is 5.98. The fourth-order valence-electron chi connectivity index (χ4n) is 2.45. The number of nitrogens with zero attached hydrogens (tertiary/aromatic N) is 1. The maximum Gasteiger partial charge on any atom is 0.0961 e. The molecule has 0 unspecified atom stereocenters. The van der Waals surface area contributed by atoms with E-state index in [0.717, 1.165) is 18.9 Å². The van der Waals surface area contributed by atoms with Crippen molar-refractivity contribution >= 4 is 11.3 Å². The summed E-state index contributed by atoms with van der Waals surface area (Å²) in [6.07, 6.45) is 8.01.